The molecule has 0 aromatic rings. The van der Waals surface area contributed by atoms with Gasteiger partial charge in [-0.15, -0.1) is 0 Å². The minimum Gasteiger partial charge on any atom is -0.355 e. The van der Waals surface area contributed by atoms with Crippen molar-refractivity contribution in [3.8, 4) is 0 Å². The van der Waals surface area contributed by atoms with Crippen molar-refractivity contribution >= 4 is 5.91 Å². The van der Waals surface area contributed by atoms with Crippen LogP contribution >= 0.6 is 0 Å². The van der Waals surface area contributed by atoms with E-state index >= 15 is 0 Å². The Morgan fingerprint density at radius 2 is 2.13 bits per heavy atom. The number of nitrogens with one attached hydrogen (secondary N) is 1. The second-order valence-corrected chi connectivity index (χ2v) is 4.66. The molecule has 1 unspecified atom stereocenters. The van der Waals surface area contributed by atoms with Gasteiger partial charge in [-0.2, -0.15) is 0 Å². The van der Waals surface area contributed by atoms with Crippen LogP contribution < -0.4 is 11.1 Å². The van der Waals surface area contributed by atoms with E-state index in [1.54, 1.807) is 0 Å². The van der Waals surface area contributed by atoms with E-state index in [-0.39, 0.29) is 11.9 Å². The first kappa shape index (κ1) is 12.5. The molecule has 1 aliphatic rings. The summed E-state index contributed by atoms with van der Waals surface area (Å²) in [4.78, 5) is 11.5. The molecule has 1 aliphatic carbocycles. The first-order valence-corrected chi connectivity index (χ1v) is 6.24. The fourth-order valence-corrected chi connectivity index (χ4v) is 2.11. The third-order valence-corrected chi connectivity index (χ3v) is 3.34. The topological polar surface area (TPSA) is 55.1 Å². The average Bonchev–Trinajstić information content (AvgIpc) is 2.75. The number of rotatable bonds is 6. The average molecular weight is 212 g/mol. The molecule has 1 amide bonds. The quantitative estimate of drug-likeness (QED) is 0.705. The van der Waals surface area contributed by atoms with Crippen LogP contribution in [0.1, 0.15) is 51.9 Å². The van der Waals surface area contributed by atoms with Crippen molar-refractivity contribution < 1.29 is 4.79 Å². The van der Waals surface area contributed by atoms with E-state index in [0.29, 0.717) is 13.0 Å². The van der Waals surface area contributed by atoms with Crippen LogP contribution in [0.25, 0.3) is 0 Å². The van der Waals surface area contributed by atoms with Gasteiger partial charge in [-0.1, -0.05) is 32.6 Å². The van der Waals surface area contributed by atoms with Gasteiger partial charge in [0.15, 0.2) is 0 Å². The molecule has 0 aromatic heterocycles. The van der Waals surface area contributed by atoms with E-state index in [0.717, 1.165) is 18.8 Å². The van der Waals surface area contributed by atoms with Gasteiger partial charge in [-0.25, -0.2) is 0 Å². The molecule has 0 radical (unpaired) electrons. The largest absolute Gasteiger partial charge is 0.355 e. The van der Waals surface area contributed by atoms with Gasteiger partial charge in [0, 0.05) is 19.0 Å². The van der Waals surface area contributed by atoms with Crippen molar-refractivity contribution in [1.82, 2.24) is 5.32 Å². The maximum atomic E-state index is 11.5. The van der Waals surface area contributed by atoms with Gasteiger partial charge >= 0.3 is 0 Å². The van der Waals surface area contributed by atoms with E-state index < -0.39 is 0 Å². The van der Waals surface area contributed by atoms with Gasteiger partial charge in [-0.05, 0) is 18.8 Å². The second kappa shape index (κ2) is 6.83. The summed E-state index contributed by atoms with van der Waals surface area (Å²) < 4.78 is 0. The smallest absolute Gasteiger partial charge is 0.220 e. The number of hydrogen-bond acceptors (Lipinski definition) is 2. The van der Waals surface area contributed by atoms with Crippen LogP contribution in [0.2, 0.25) is 0 Å². The van der Waals surface area contributed by atoms with Crippen molar-refractivity contribution in [2.75, 3.05) is 6.54 Å². The molecule has 3 nitrogen and oxygen atoms in total. The van der Waals surface area contributed by atoms with Crippen LogP contribution in [0.15, 0.2) is 0 Å². The van der Waals surface area contributed by atoms with E-state index in [2.05, 4.69) is 5.32 Å². The molecule has 0 bridgehead atoms. The Balaban J connectivity index is 2.02. The van der Waals surface area contributed by atoms with Gasteiger partial charge in [0.1, 0.15) is 0 Å². The molecule has 0 saturated heterocycles. The molecule has 3 N–H and O–H groups in total. The Hall–Kier alpha value is -0.570. The molecule has 15 heavy (non-hydrogen) atoms. The lowest BCUT2D eigenvalue weighted by Gasteiger charge is -2.11. The number of hydrogen-bond donors (Lipinski definition) is 2. The lowest BCUT2D eigenvalue weighted by molar-refractivity contribution is -0.121. The van der Waals surface area contributed by atoms with Crippen molar-refractivity contribution in [3.05, 3.63) is 0 Å². The van der Waals surface area contributed by atoms with Crippen LogP contribution in [0, 0.1) is 5.92 Å². The van der Waals surface area contributed by atoms with E-state index in [1.807, 2.05) is 6.92 Å². The first-order valence-electron chi connectivity index (χ1n) is 6.24. The van der Waals surface area contributed by atoms with Gasteiger partial charge in [0.2, 0.25) is 5.91 Å². The molecule has 0 aliphatic heterocycles. The summed E-state index contributed by atoms with van der Waals surface area (Å²) in [5, 5.41) is 2.89. The first-order chi connectivity index (χ1) is 7.22. The standard InChI is InChI=1S/C12H24N2O/c1-2-11(13)9-14-12(15)8-7-10-5-3-4-6-10/h10-11H,2-9,13H2,1H3,(H,14,15). The van der Waals surface area contributed by atoms with Crippen molar-refractivity contribution in [2.24, 2.45) is 11.7 Å². The Labute approximate surface area is 92.8 Å². The highest BCUT2D eigenvalue weighted by atomic mass is 16.1. The normalized spacial score (nSPS) is 19.1. The highest BCUT2D eigenvalue weighted by Gasteiger charge is 2.16. The van der Waals surface area contributed by atoms with E-state index in [1.165, 1.54) is 25.7 Å². The SMILES string of the molecule is CCC(N)CNC(=O)CCC1CCCC1. The van der Waals surface area contributed by atoms with Crippen molar-refractivity contribution in [2.45, 2.75) is 57.9 Å². The zero-order valence-electron chi connectivity index (χ0n) is 9.80. The molecule has 1 rings (SSSR count). The molecule has 88 valence electrons. The molecular formula is C12H24N2O. The van der Waals surface area contributed by atoms with Crippen LogP contribution in [-0.2, 0) is 4.79 Å². The van der Waals surface area contributed by atoms with Gasteiger partial charge in [-0.3, -0.25) is 4.79 Å². The van der Waals surface area contributed by atoms with Gasteiger partial charge < -0.3 is 11.1 Å². The molecule has 1 fully saturated rings. The fraction of sp³-hybridized carbons (Fsp3) is 0.917. The molecule has 0 aromatic carbocycles. The van der Waals surface area contributed by atoms with E-state index in [9.17, 15) is 4.79 Å². The number of carbonyl (C=O) groups excluding carboxylic acids is 1. The highest BCUT2D eigenvalue weighted by Crippen LogP contribution is 2.28. The Morgan fingerprint density at radius 1 is 1.47 bits per heavy atom. The molecule has 1 saturated carbocycles. The number of amides is 1. The summed E-state index contributed by atoms with van der Waals surface area (Å²) in [6, 6.07) is 0.112. The minimum absolute atomic E-state index is 0.112. The Morgan fingerprint density at radius 3 is 2.73 bits per heavy atom. The second-order valence-electron chi connectivity index (χ2n) is 4.66. The molecular weight excluding hydrogens is 188 g/mol. The number of nitrogens with two attached hydrogens (primary N) is 1. The van der Waals surface area contributed by atoms with Crippen LogP contribution in [0.5, 0.6) is 0 Å². The lowest BCUT2D eigenvalue weighted by Crippen LogP contribution is -2.36. The number of carbonyl (C=O) groups is 1. The lowest BCUT2D eigenvalue weighted by atomic mass is 10.0. The molecule has 1 atom stereocenters. The van der Waals surface area contributed by atoms with Gasteiger partial charge in [0.05, 0.1) is 0 Å². The Kier molecular flexibility index (Phi) is 5.69. The highest BCUT2D eigenvalue weighted by molar-refractivity contribution is 5.75. The van der Waals surface area contributed by atoms with Crippen LogP contribution in [0.3, 0.4) is 0 Å². The summed E-state index contributed by atoms with van der Waals surface area (Å²) >= 11 is 0. The predicted molar refractivity (Wildman–Crippen MR) is 62.5 cm³/mol. The fourth-order valence-electron chi connectivity index (χ4n) is 2.11. The van der Waals surface area contributed by atoms with Crippen molar-refractivity contribution in [1.29, 1.82) is 0 Å². The third-order valence-electron chi connectivity index (χ3n) is 3.34. The van der Waals surface area contributed by atoms with E-state index in [4.69, 9.17) is 5.73 Å². The zero-order valence-corrected chi connectivity index (χ0v) is 9.80. The maximum Gasteiger partial charge on any atom is 0.220 e. The molecule has 0 heterocycles. The van der Waals surface area contributed by atoms with Crippen LogP contribution in [0.4, 0.5) is 0 Å². The summed E-state index contributed by atoms with van der Waals surface area (Å²) in [7, 11) is 0. The molecule has 0 spiro atoms. The van der Waals surface area contributed by atoms with Gasteiger partial charge in [0.25, 0.3) is 0 Å². The van der Waals surface area contributed by atoms with Crippen LogP contribution in [-0.4, -0.2) is 18.5 Å². The summed E-state index contributed by atoms with van der Waals surface area (Å²) in [6.07, 6.45) is 8.01. The Bertz CT molecular complexity index is 188. The zero-order chi connectivity index (χ0) is 11.1. The summed E-state index contributed by atoms with van der Waals surface area (Å²) in [5.41, 5.74) is 5.72. The maximum absolute atomic E-state index is 11.5. The summed E-state index contributed by atoms with van der Waals surface area (Å²) in [6.45, 7) is 2.66. The minimum atomic E-state index is 0.112. The van der Waals surface area contributed by atoms with Crippen molar-refractivity contribution in [3.63, 3.8) is 0 Å². The predicted octanol–water partition coefficient (Wildman–Crippen LogP) is 1.81. The molecule has 3 heteroatoms. The monoisotopic (exact) mass is 212 g/mol. The summed E-state index contributed by atoms with van der Waals surface area (Å²) in [5.74, 6) is 0.974. The third kappa shape index (κ3) is 5.17.